The molecule has 0 aromatic carbocycles. The van der Waals surface area contributed by atoms with Crippen molar-refractivity contribution in [1.29, 1.82) is 0 Å². The van der Waals surface area contributed by atoms with Gasteiger partial charge in [-0.25, -0.2) is 0 Å². The van der Waals surface area contributed by atoms with E-state index in [1.807, 2.05) is 6.92 Å². The predicted octanol–water partition coefficient (Wildman–Crippen LogP) is 3.26. The third-order valence-electron chi connectivity index (χ3n) is 2.37. The van der Waals surface area contributed by atoms with Crippen molar-refractivity contribution in [3.8, 4) is 0 Å². The number of hydrogen-bond donors (Lipinski definition) is 1. The summed E-state index contributed by atoms with van der Waals surface area (Å²) in [5, 5.41) is 0. The summed E-state index contributed by atoms with van der Waals surface area (Å²) in [4.78, 5) is 0. The first-order valence-corrected chi connectivity index (χ1v) is 5.97. The van der Waals surface area contributed by atoms with Gasteiger partial charge < -0.3 is 10.5 Å². The standard InChI is InChI=1S/C12H26NO/c1-3-5-6-7-8-9-10-11-12(13)14-4-2/h12H,1,3-11,13H2,2H3. The van der Waals surface area contributed by atoms with E-state index in [1.165, 1.54) is 38.5 Å². The van der Waals surface area contributed by atoms with Gasteiger partial charge in [-0.1, -0.05) is 45.4 Å². The smallest absolute Gasteiger partial charge is 0.105 e. The highest BCUT2D eigenvalue weighted by Crippen LogP contribution is 2.09. The minimum atomic E-state index is -0.0418. The third-order valence-corrected chi connectivity index (χ3v) is 2.37. The Morgan fingerprint density at radius 2 is 1.64 bits per heavy atom. The minimum Gasteiger partial charge on any atom is -0.364 e. The van der Waals surface area contributed by atoms with Crippen LogP contribution in [0.1, 0.15) is 58.3 Å². The molecular weight excluding hydrogens is 174 g/mol. The van der Waals surface area contributed by atoms with Gasteiger partial charge in [0.25, 0.3) is 0 Å². The highest BCUT2D eigenvalue weighted by Gasteiger charge is 1.99. The van der Waals surface area contributed by atoms with Gasteiger partial charge in [0.1, 0.15) is 6.23 Å². The molecule has 2 heteroatoms. The summed E-state index contributed by atoms with van der Waals surface area (Å²) in [6.07, 6.45) is 9.82. The Balaban J connectivity index is 2.98. The molecule has 0 amide bonds. The van der Waals surface area contributed by atoms with Crippen LogP contribution in [0.15, 0.2) is 0 Å². The van der Waals surface area contributed by atoms with Crippen molar-refractivity contribution < 1.29 is 4.74 Å². The van der Waals surface area contributed by atoms with E-state index in [9.17, 15) is 0 Å². The lowest BCUT2D eigenvalue weighted by atomic mass is 10.1. The maximum absolute atomic E-state index is 5.72. The summed E-state index contributed by atoms with van der Waals surface area (Å²) in [5.74, 6) is 0. The van der Waals surface area contributed by atoms with Crippen LogP contribution in [0.5, 0.6) is 0 Å². The molecule has 0 spiro atoms. The first-order valence-electron chi connectivity index (χ1n) is 5.97. The van der Waals surface area contributed by atoms with E-state index < -0.39 is 0 Å². The molecule has 14 heavy (non-hydrogen) atoms. The number of hydrogen-bond acceptors (Lipinski definition) is 2. The summed E-state index contributed by atoms with van der Waals surface area (Å²) >= 11 is 0. The molecule has 0 bridgehead atoms. The van der Waals surface area contributed by atoms with E-state index >= 15 is 0 Å². The van der Waals surface area contributed by atoms with Crippen LogP contribution in [-0.2, 0) is 4.74 Å². The van der Waals surface area contributed by atoms with E-state index in [0.29, 0.717) is 0 Å². The molecule has 0 fully saturated rings. The lowest BCUT2D eigenvalue weighted by Crippen LogP contribution is -2.23. The summed E-state index contributed by atoms with van der Waals surface area (Å²) < 4.78 is 5.26. The minimum absolute atomic E-state index is 0.0418. The van der Waals surface area contributed by atoms with Gasteiger partial charge >= 0.3 is 0 Å². The van der Waals surface area contributed by atoms with Crippen LogP contribution in [-0.4, -0.2) is 12.8 Å². The molecule has 85 valence electrons. The average molecular weight is 200 g/mol. The SMILES string of the molecule is [CH2]CCCCCCCCC(N)OCC. The topological polar surface area (TPSA) is 35.2 Å². The number of ether oxygens (including phenoxy) is 1. The Morgan fingerprint density at radius 1 is 1.07 bits per heavy atom. The fourth-order valence-corrected chi connectivity index (χ4v) is 1.53. The van der Waals surface area contributed by atoms with Crippen LogP contribution < -0.4 is 5.73 Å². The zero-order valence-corrected chi connectivity index (χ0v) is 9.63. The normalized spacial score (nSPS) is 13.1. The van der Waals surface area contributed by atoms with Crippen LogP contribution in [0.2, 0.25) is 0 Å². The molecule has 1 atom stereocenters. The van der Waals surface area contributed by atoms with Crippen LogP contribution in [0.4, 0.5) is 0 Å². The number of unbranched alkanes of at least 4 members (excludes halogenated alkanes) is 6. The van der Waals surface area contributed by atoms with Gasteiger partial charge in [-0.15, -0.1) is 0 Å². The summed E-state index contributed by atoms with van der Waals surface area (Å²) in [6.45, 7) is 6.54. The predicted molar refractivity (Wildman–Crippen MR) is 61.9 cm³/mol. The van der Waals surface area contributed by atoms with Gasteiger partial charge in [0.05, 0.1) is 0 Å². The van der Waals surface area contributed by atoms with Gasteiger partial charge in [0, 0.05) is 6.61 Å². The van der Waals surface area contributed by atoms with Crippen LogP contribution >= 0.6 is 0 Å². The Morgan fingerprint density at radius 3 is 2.21 bits per heavy atom. The zero-order valence-electron chi connectivity index (χ0n) is 9.63. The molecule has 0 aliphatic heterocycles. The van der Waals surface area contributed by atoms with Crippen molar-refractivity contribution in [2.75, 3.05) is 6.61 Å². The Kier molecular flexibility index (Phi) is 10.9. The fourth-order valence-electron chi connectivity index (χ4n) is 1.53. The van der Waals surface area contributed by atoms with Crippen molar-refractivity contribution in [2.24, 2.45) is 5.73 Å². The average Bonchev–Trinajstić information content (AvgIpc) is 2.17. The molecule has 0 saturated carbocycles. The fraction of sp³-hybridized carbons (Fsp3) is 0.917. The molecule has 0 aliphatic carbocycles. The van der Waals surface area contributed by atoms with Crippen LogP contribution in [0.25, 0.3) is 0 Å². The lowest BCUT2D eigenvalue weighted by molar-refractivity contribution is 0.0597. The highest BCUT2D eigenvalue weighted by atomic mass is 16.5. The van der Waals surface area contributed by atoms with E-state index in [0.717, 1.165) is 19.4 Å². The molecule has 0 aromatic heterocycles. The number of rotatable bonds is 10. The summed E-state index contributed by atoms with van der Waals surface area (Å²) in [6, 6.07) is 0. The van der Waals surface area contributed by atoms with Crippen LogP contribution in [0.3, 0.4) is 0 Å². The van der Waals surface area contributed by atoms with Gasteiger partial charge in [-0.2, -0.15) is 0 Å². The monoisotopic (exact) mass is 200 g/mol. The maximum Gasteiger partial charge on any atom is 0.105 e. The molecule has 2 nitrogen and oxygen atoms in total. The van der Waals surface area contributed by atoms with Gasteiger partial charge in [-0.3, -0.25) is 0 Å². The second-order valence-electron chi connectivity index (χ2n) is 3.76. The second-order valence-corrected chi connectivity index (χ2v) is 3.76. The Hall–Kier alpha value is -0.0800. The van der Waals surface area contributed by atoms with E-state index in [2.05, 4.69) is 6.92 Å². The van der Waals surface area contributed by atoms with Crippen molar-refractivity contribution >= 4 is 0 Å². The van der Waals surface area contributed by atoms with E-state index in [1.54, 1.807) is 0 Å². The Bertz CT molecular complexity index is 106. The quantitative estimate of drug-likeness (QED) is 0.434. The molecule has 1 radical (unpaired) electrons. The molecular formula is C12H26NO. The molecule has 0 aliphatic rings. The Labute approximate surface area is 89.2 Å². The molecule has 1 unspecified atom stereocenters. The maximum atomic E-state index is 5.72. The summed E-state index contributed by atoms with van der Waals surface area (Å²) in [7, 11) is 0. The summed E-state index contributed by atoms with van der Waals surface area (Å²) in [5.41, 5.74) is 5.72. The lowest BCUT2D eigenvalue weighted by Gasteiger charge is -2.10. The molecule has 0 saturated heterocycles. The van der Waals surface area contributed by atoms with Gasteiger partial charge in [0.15, 0.2) is 0 Å². The van der Waals surface area contributed by atoms with E-state index in [4.69, 9.17) is 10.5 Å². The molecule has 2 N–H and O–H groups in total. The first-order chi connectivity index (χ1) is 6.81. The first kappa shape index (κ1) is 13.9. The van der Waals surface area contributed by atoms with Crippen molar-refractivity contribution in [3.05, 3.63) is 6.92 Å². The second kappa shape index (κ2) is 11.0. The van der Waals surface area contributed by atoms with E-state index in [-0.39, 0.29) is 6.23 Å². The van der Waals surface area contributed by atoms with Crippen molar-refractivity contribution in [2.45, 2.75) is 64.5 Å². The van der Waals surface area contributed by atoms with Crippen molar-refractivity contribution in [3.63, 3.8) is 0 Å². The third kappa shape index (κ3) is 10.0. The molecule has 0 rings (SSSR count). The zero-order chi connectivity index (χ0) is 10.6. The molecule has 0 heterocycles. The van der Waals surface area contributed by atoms with Crippen LogP contribution in [0, 0.1) is 6.92 Å². The van der Waals surface area contributed by atoms with Crippen molar-refractivity contribution in [1.82, 2.24) is 0 Å². The highest BCUT2D eigenvalue weighted by molar-refractivity contribution is 4.51. The number of nitrogens with two attached hydrogens (primary N) is 1. The van der Waals surface area contributed by atoms with Gasteiger partial charge in [0.2, 0.25) is 0 Å². The largest absolute Gasteiger partial charge is 0.364 e. The molecule has 0 aromatic rings. The van der Waals surface area contributed by atoms with Gasteiger partial charge in [-0.05, 0) is 19.8 Å².